The number of fused-ring (bicyclic) bond motifs is 1. The van der Waals surface area contributed by atoms with Crippen LogP contribution in [0.4, 0.5) is 5.69 Å². The summed E-state index contributed by atoms with van der Waals surface area (Å²) in [6, 6.07) is 16.3. The van der Waals surface area contributed by atoms with Gasteiger partial charge in [0.05, 0.1) is 0 Å². The predicted octanol–water partition coefficient (Wildman–Crippen LogP) is 4.23. The molecule has 0 aliphatic heterocycles. The highest BCUT2D eigenvalue weighted by Gasteiger charge is 2.26. The van der Waals surface area contributed by atoms with Crippen molar-refractivity contribution in [2.45, 2.75) is 33.1 Å². The number of Topliss-reactive ketones (excluding diaryl/α,β-unsaturated/α-hetero) is 1. The lowest BCUT2D eigenvalue weighted by Crippen LogP contribution is -2.33. The maximum absolute atomic E-state index is 13.3. The monoisotopic (exact) mass is 386 g/mol. The highest BCUT2D eigenvalue weighted by Crippen LogP contribution is 2.24. The molecule has 0 fully saturated rings. The van der Waals surface area contributed by atoms with Gasteiger partial charge in [0.15, 0.2) is 5.78 Å². The fourth-order valence-corrected chi connectivity index (χ4v) is 3.66. The molecule has 0 spiro atoms. The van der Waals surface area contributed by atoms with Gasteiger partial charge in [-0.3, -0.25) is 19.0 Å². The van der Waals surface area contributed by atoms with E-state index >= 15 is 0 Å². The number of hydrogen-bond acceptors (Lipinski definition) is 3. The summed E-state index contributed by atoms with van der Waals surface area (Å²) in [5.74, 6) is -0.544. The quantitative estimate of drug-likeness (QED) is 0.733. The first-order valence-corrected chi connectivity index (χ1v) is 9.71. The first kappa shape index (κ1) is 18.9. The summed E-state index contributed by atoms with van der Waals surface area (Å²) in [6.07, 6.45) is 1.76. The molecule has 4 rings (SSSR count). The SMILES string of the molecule is Cc1ccc(NC(=O)c2cc3c(n(-c4ccc(C)cc4)c2=O)CCCC3=O)cc1. The Morgan fingerprint density at radius 2 is 1.52 bits per heavy atom. The average molecular weight is 386 g/mol. The molecule has 0 saturated carbocycles. The Morgan fingerprint density at radius 1 is 0.897 bits per heavy atom. The fourth-order valence-electron chi connectivity index (χ4n) is 3.66. The number of amides is 1. The number of nitrogens with zero attached hydrogens (tertiary/aromatic N) is 1. The minimum absolute atomic E-state index is 0.0276. The van der Waals surface area contributed by atoms with Crippen LogP contribution in [-0.4, -0.2) is 16.3 Å². The molecule has 1 heterocycles. The zero-order chi connectivity index (χ0) is 20.5. The first-order valence-electron chi connectivity index (χ1n) is 9.71. The van der Waals surface area contributed by atoms with Gasteiger partial charge in [0.2, 0.25) is 0 Å². The van der Waals surface area contributed by atoms with Crippen LogP contribution in [0.2, 0.25) is 0 Å². The Kier molecular flexibility index (Phi) is 4.89. The number of ketones is 1. The molecule has 1 aliphatic carbocycles. The largest absolute Gasteiger partial charge is 0.322 e. The number of hydrogen-bond donors (Lipinski definition) is 1. The molecule has 0 saturated heterocycles. The maximum atomic E-state index is 13.3. The second-order valence-electron chi connectivity index (χ2n) is 7.49. The summed E-state index contributed by atoms with van der Waals surface area (Å²) >= 11 is 0. The lowest BCUT2D eigenvalue weighted by Gasteiger charge is -2.21. The summed E-state index contributed by atoms with van der Waals surface area (Å²) in [4.78, 5) is 38.8. The van der Waals surface area contributed by atoms with Gasteiger partial charge in [0, 0.05) is 29.1 Å². The van der Waals surface area contributed by atoms with Crippen LogP contribution in [0.15, 0.2) is 59.4 Å². The Balaban J connectivity index is 1.85. The molecule has 0 atom stereocenters. The number of anilines is 1. The van der Waals surface area contributed by atoms with E-state index in [4.69, 9.17) is 0 Å². The number of aryl methyl sites for hydroxylation is 2. The Morgan fingerprint density at radius 3 is 2.17 bits per heavy atom. The molecule has 5 nitrogen and oxygen atoms in total. The number of pyridine rings is 1. The van der Waals surface area contributed by atoms with E-state index in [9.17, 15) is 14.4 Å². The van der Waals surface area contributed by atoms with Gasteiger partial charge in [0.1, 0.15) is 5.56 Å². The smallest absolute Gasteiger partial charge is 0.268 e. The minimum Gasteiger partial charge on any atom is -0.322 e. The summed E-state index contributed by atoms with van der Waals surface area (Å²) in [5.41, 5.74) is 4.12. The van der Waals surface area contributed by atoms with E-state index in [2.05, 4.69) is 5.32 Å². The van der Waals surface area contributed by atoms with E-state index < -0.39 is 11.5 Å². The van der Waals surface area contributed by atoms with Crippen LogP contribution in [0.25, 0.3) is 5.69 Å². The van der Waals surface area contributed by atoms with Crippen molar-refractivity contribution in [3.63, 3.8) is 0 Å². The Bertz CT molecular complexity index is 1160. The van der Waals surface area contributed by atoms with Gasteiger partial charge in [-0.1, -0.05) is 35.4 Å². The second kappa shape index (κ2) is 7.51. The van der Waals surface area contributed by atoms with Gasteiger partial charge in [-0.2, -0.15) is 0 Å². The molecular weight excluding hydrogens is 364 g/mol. The number of benzene rings is 2. The first-order chi connectivity index (χ1) is 13.9. The van der Waals surface area contributed by atoms with E-state index in [1.54, 1.807) is 12.1 Å². The van der Waals surface area contributed by atoms with Crippen LogP contribution in [0, 0.1) is 13.8 Å². The molecule has 5 heteroatoms. The number of carbonyl (C=O) groups is 2. The molecule has 1 aliphatic rings. The van der Waals surface area contributed by atoms with Crippen molar-refractivity contribution < 1.29 is 9.59 Å². The normalized spacial score (nSPS) is 13.1. The predicted molar refractivity (Wildman–Crippen MR) is 113 cm³/mol. The number of nitrogens with one attached hydrogen (secondary N) is 1. The van der Waals surface area contributed by atoms with Crippen molar-refractivity contribution in [2.24, 2.45) is 0 Å². The lowest BCUT2D eigenvalue weighted by atomic mass is 9.92. The van der Waals surface area contributed by atoms with Gasteiger partial charge in [0.25, 0.3) is 11.5 Å². The fraction of sp³-hybridized carbons (Fsp3) is 0.208. The van der Waals surface area contributed by atoms with E-state index in [-0.39, 0.29) is 11.3 Å². The van der Waals surface area contributed by atoms with Crippen molar-refractivity contribution >= 4 is 17.4 Å². The maximum Gasteiger partial charge on any atom is 0.268 e. The zero-order valence-electron chi connectivity index (χ0n) is 16.5. The van der Waals surface area contributed by atoms with Gasteiger partial charge < -0.3 is 5.32 Å². The van der Waals surface area contributed by atoms with Gasteiger partial charge >= 0.3 is 0 Å². The highest BCUT2D eigenvalue weighted by molar-refractivity contribution is 6.06. The van der Waals surface area contributed by atoms with Crippen LogP contribution in [0.3, 0.4) is 0 Å². The van der Waals surface area contributed by atoms with Gasteiger partial charge in [-0.25, -0.2) is 0 Å². The third-order valence-electron chi connectivity index (χ3n) is 5.27. The van der Waals surface area contributed by atoms with Crippen molar-refractivity contribution in [2.75, 3.05) is 5.32 Å². The Labute approximate surface area is 169 Å². The minimum atomic E-state index is -0.513. The summed E-state index contributed by atoms with van der Waals surface area (Å²) < 4.78 is 1.52. The summed E-state index contributed by atoms with van der Waals surface area (Å²) in [5, 5.41) is 2.77. The lowest BCUT2D eigenvalue weighted by molar-refractivity contribution is 0.0971. The molecule has 3 aromatic rings. The number of aromatic nitrogens is 1. The van der Waals surface area contributed by atoms with E-state index in [1.165, 1.54) is 10.6 Å². The average Bonchev–Trinajstić information content (AvgIpc) is 2.70. The summed E-state index contributed by atoms with van der Waals surface area (Å²) in [7, 11) is 0. The second-order valence-corrected chi connectivity index (χ2v) is 7.49. The molecule has 1 N–H and O–H groups in total. The van der Waals surface area contributed by atoms with Crippen molar-refractivity contribution in [1.29, 1.82) is 0 Å². The van der Waals surface area contributed by atoms with Gasteiger partial charge in [-0.15, -0.1) is 0 Å². The standard InChI is InChI=1S/C24H22N2O3/c1-15-6-10-17(11-7-15)25-23(28)20-14-19-21(4-3-5-22(19)27)26(24(20)29)18-12-8-16(2)9-13-18/h6-14H,3-5H2,1-2H3,(H,25,28). The molecule has 1 aromatic heterocycles. The van der Waals surface area contributed by atoms with Gasteiger partial charge in [-0.05, 0) is 57.0 Å². The molecule has 29 heavy (non-hydrogen) atoms. The van der Waals surface area contributed by atoms with Crippen molar-refractivity contribution in [3.8, 4) is 5.69 Å². The molecule has 0 unspecified atom stereocenters. The number of carbonyl (C=O) groups excluding carboxylic acids is 2. The Hall–Kier alpha value is -3.47. The van der Waals surface area contributed by atoms with Crippen LogP contribution in [0.5, 0.6) is 0 Å². The molecule has 146 valence electrons. The molecule has 2 aromatic carbocycles. The van der Waals surface area contributed by atoms with Crippen LogP contribution in [-0.2, 0) is 6.42 Å². The summed E-state index contributed by atoms with van der Waals surface area (Å²) in [6.45, 7) is 3.93. The van der Waals surface area contributed by atoms with Crippen LogP contribution < -0.4 is 10.9 Å². The topological polar surface area (TPSA) is 68.2 Å². The number of rotatable bonds is 3. The van der Waals surface area contributed by atoms with Crippen molar-refractivity contribution in [1.82, 2.24) is 4.57 Å². The third kappa shape index (κ3) is 3.63. The van der Waals surface area contributed by atoms with Crippen LogP contribution >= 0.6 is 0 Å². The van der Waals surface area contributed by atoms with E-state index in [1.807, 2.05) is 50.2 Å². The van der Waals surface area contributed by atoms with E-state index in [0.717, 1.165) is 11.1 Å². The highest BCUT2D eigenvalue weighted by atomic mass is 16.2. The van der Waals surface area contributed by atoms with Crippen molar-refractivity contribution in [3.05, 3.63) is 92.9 Å². The molecular formula is C24H22N2O3. The van der Waals surface area contributed by atoms with E-state index in [0.29, 0.717) is 41.9 Å². The molecule has 0 bridgehead atoms. The molecule has 1 amide bonds. The molecule has 0 radical (unpaired) electrons. The van der Waals surface area contributed by atoms with Crippen LogP contribution in [0.1, 0.15) is 50.4 Å². The zero-order valence-corrected chi connectivity index (χ0v) is 16.5. The third-order valence-corrected chi connectivity index (χ3v) is 5.27.